The predicted octanol–water partition coefficient (Wildman–Crippen LogP) is 6.54. The number of fused-ring (bicyclic) bond motifs is 1. The standard InChI is InChI=1S/C28H24Cl2N2O7/c1-28(2,3)39-27(36)32-22(25(33)34)10-15-4-7-20(8-5-15)37-26(35)16-6-9-21-23(13-16)38-24(31-21)17-11-18(29)14-19(30)12-17/h4-9,11-14,22H,10H2,1-3H3,(H,32,36)(H,33,34). The highest BCUT2D eigenvalue weighted by Crippen LogP contribution is 2.30. The summed E-state index contributed by atoms with van der Waals surface area (Å²) in [7, 11) is 0. The number of benzene rings is 3. The lowest BCUT2D eigenvalue weighted by atomic mass is 10.1. The third-order valence-electron chi connectivity index (χ3n) is 5.30. The van der Waals surface area contributed by atoms with Crippen LogP contribution in [0.1, 0.15) is 36.7 Å². The Morgan fingerprint density at radius 3 is 2.28 bits per heavy atom. The molecule has 39 heavy (non-hydrogen) atoms. The number of carboxylic acid groups (broad SMARTS) is 1. The van der Waals surface area contributed by atoms with Gasteiger partial charge in [-0.1, -0.05) is 35.3 Å². The number of amides is 1. The van der Waals surface area contributed by atoms with Gasteiger partial charge < -0.3 is 24.3 Å². The number of nitrogens with one attached hydrogen (secondary N) is 1. The molecule has 0 aliphatic carbocycles. The van der Waals surface area contributed by atoms with Crippen LogP contribution in [-0.4, -0.2) is 39.8 Å². The van der Waals surface area contributed by atoms with E-state index < -0.39 is 29.7 Å². The van der Waals surface area contributed by atoms with Crippen LogP contribution in [-0.2, 0) is 16.0 Å². The van der Waals surface area contributed by atoms with Gasteiger partial charge in [-0.15, -0.1) is 0 Å². The quantitative estimate of drug-likeness (QED) is 0.189. The van der Waals surface area contributed by atoms with Crippen molar-refractivity contribution in [2.75, 3.05) is 0 Å². The van der Waals surface area contributed by atoms with Gasteiger partial charge in [0.05, 0.1) is 5.56 Å². The summed E-state index contributed by atoms with van der Waals surface area (Å²) in [6, 6.07) is 14.8. The van der Waals surface area contributed by atoms with Gasteiger partial charge in [0.1, 0.15) is 22.9 Å². The van der Waals surface area contributed by atoms with Crippen molar-refractivity contribution in [3.05, 3.63) is 81.8 Å². The van der Waals surface area contributed by atoms with Gasteiger partial charge in [-0.05, 0) is 74.9 Å². The predicted molar refractivity (Wildman–Crippen MR) is 145 cm³/mol. The number of alkyl carbamates (subject to hydrolysis) is 1. The molecule has 0 saturated carbocycles. The van der Waals surface area contributed by atoms with Crippen LogP contribution in [0.5, 0.6) is 5.75 Å². The Balaban J connectivity index is 1.42. The number of hydrogen-bond donors (Lipinski definition) is 2. The first-order valence-electron chi connectivity index (χ1n) is 11.8. The highest BCUT2D eigenvalue weighted by molar-refractivity contribution is 6.35. The summed E-state index contributed by atoms with van der Waals surface area (Å²) in [6.45, 7) is 5.04. The van der Waals surface area contributed by atoms with E-state index in [0.29, 0.717) is 38.2 Å². The molecule has 1 unspecified atom stereocenters. The number of oxazole rings is 1. The van der Waals surface area contributed by atoms with Gasteiger partial charge in [0.2, 0.25) is 5.89 Å². The number of aliphatic carboxylic acids is 1. The molecule has 202 valence electrons. The van der Waals surface area contributed by atoms with Crippen LogP contribution in [0.15, 0.2) is 65.1 Å². The van der Waals surface area contributed by atoms with Gasteiger partial charge in [0, 0.05) is 22.0 Å². The number of ether oxygens (including phenoxy) is 2. The second kappa shape index (κ2) is 11.3. The highest BCUT2D eigenvalue weighted by Gasteiger charge is 2.24. The zero-order valence-electron chi connectivity index (χ0n) is 21.2. The summed E-state index contributed by atoms with van der Waals surface area (Å²) < 4.78 is 16.4. The van der Waals surface area contributed by atoms with Crippen LogP contribution < -0.4 is 10.1 Å². The molecule has 1 heterocycles. The second-order valence-corrected chi connectivity index (χ2v) is 10.5. The minimum absolute atomic E-state index is 0.00509. The molecule has 1 amide bonds. The largest absolute Gasteiger partial charge is 0.480 e. The van der Waals surface area contributed by atoms with E-state index in [0.717, 1.165) is 0 Å². The summed E-state index contributed by atoms with van der Waals surface area (Å²) in [4.78, 5) is 40.8. The lowest BCUT2D eigenvalue weighted by Gasteiger charge is -2.22. The number of carbonyl (C=O) groups is 3. The normalized spacial score (nSPS) is 12.1. The van der Waals surface area contributed by atoms with E-state index in [1.807, 2.05) is 0 Å². The third kappa shape index (κ3) is 7.49. The van der Waals surface area contributed by atoms with Crippen LogP contribution in [0.25, 0.3) is 22.6 Å². The lowest BCUT2D eigenvalue weighted by molar-refractivity contribution is -0.139. The third-order valence-corrected chi connectivity index (χ3v) is 5.73. The number of carbonyl (C=O) groups excluding carboxylic acids is 2. The first-order valence-corrected chi connectivity index (χ1v) is 12.5. The molecule has 0 spiro atoms. The number of nitrogens with zero attached hydrogens (tertiary/aromatic N) is 1. The summed E-state index contributed by atoms with van der Waals surface area (Å²) >= 11 is 12.1. The van der Waals surface area contributed by atoms with Gasteiger partial charge in [-0.25, -0.2) is 19.4 Å². The zero-order chi connectivity index (χ0) is 28.3. The first kappa shape index (κ1) is 27.9. The maximum Gasteiger partial charge on any atom is 0.408 e. The Hall–Kier alpha value is -4.08. The van der Waals surface area contributed by atoms with Crippen molar-refractivity contribution in [2.24, 2.45) is 0 Å². The van der Waals surface area contributed by atoms with Crippen molar-refractivity contribution < 1.29 is 33.4 Å². The van der Waals surface area contributed by atoms with Crippen LogP contribution >= 0.6 is 23.2 Å². The molecule has 3 aromatic carbocycles. The van der Waals surface area contributed by atoms with E-state index in [1.165, 1.54) is 18.2 Å². The van der Waals surface area contributed by atoms with E-state index in [2.05, 4.69) is 10.3 Å². The minimum atomic E-state index is -1.21. The molecular formula is C28H24Cl2N2O7. The number of rotatable bonds is 7. The van der Waals surface area contributed by atoms with Crippen LogP contribution in [0.2, 0.25) is 10.0 Å². The molecule has 0 saturated heterocycles. The molecule has 0 bridgehead atoms. The maximum atomic E-state index is 12.8. The molecule has 4 aromatic rings. The molecule has 1 aromatic heterocycles. The van der Waals surface area contributed by atoms with Gasteiger partial charge >= 0.3 is 18.0 Å². The molecule has 0 fully saturated rings. The number of hydrogen-bond acceptors (Lipinski definition) is 7. The fraction of sp³-hybridized carbons (Fsp3) is 0.214. The van der Waals surface area contributed by atoms with Gasteiger partial charge in [-0.2, -0.15) is 0 Å². The number of carboxylic acids is 1. The molecular weight excluding hydrogens is 547 g/mol. The molecule has 4 rings (SSSR count). The van der Waals surface area contributed by atoms with Gasteiger partial charge in [0.15, 0.2) is 5.58 Å². The Bertz CT molecular complexity index is 1520. The second-order valence-electron chi connectivity index (χ2n) is 9.63. The van der Waals surface area contributed by atoms with Crippen LogP contribution in [0.4, 0.5) is 4.79 Å². The molecule has 1 atom stereocenters. The zero-order valence-corrected chi connectivity index (χ0v) is 22.7. The SMILES string of the molecule is CC(C)(C)OC(=O)NC(Cc1ccc(OC(=O)c2ccc3nc(-c4cc(Cl)cc(Cl)c4)oc3c2)cc1)C(=O)O. The maximum absolute atomic E-state index is 12.8. The molecule has 11 heteroatoms. The number of esters is 1. The van der Waals surface area contributed by atoms with E-state index in [-0.39, 0.29) is 17.7 Å². The average molecular weight is 571 g/mol. The minimum Gasteiger partial charge on any atom is -0.480 e. The van der Waals surface area contributed by atoms with E-state index in [4.69, 9.17) is 37.1 Å². The molecule has 0 aliphatic heterocycles. The van der Waals surface area contributed by atoms with Crippen LogP contribution in [0.3, 0.4) is 0 Å². The molecule has 2 N–H and O–H groups in total. The molecule has 9 nitrogen and oxygen atoms in total. The Morgan fingerprint density at radius 1 is 1.00 bits per heavy atom. The van der Waals surface area contributed by atoms with Crippen molar-refractivity contribution in [1.82, 2.24) is 10.3 Å². The smallest absolute Gasteiger partial charge is 0.408 e. The van der Waals surface area contributed by atoms with Crippen molar-refractivity contribution in [3.63, 3.8) is 0 Å². The molecule has 0 aliphatic rings. The summed E-state index contributed by atoms with van der Waals surface area (Å²) in [5.74, 6) is -1.27. The van der Waals surface area contributed by atoms with Crippen molar-refractivity contribution in [1.29, 1.82) is 0 Å². The fourth-order valence-corrected chi connectivity index (χ4v) is 4.12. The van der Waals surface area contributed by atoms with Gasteiger partial charge in [-0.3, -0.25) is 0 Å². The number of halogens is 2. The first-order chi connectivity index (χ1) is 18.4. The van der Waals surface area contributed by atoms with Crippen LogP contribution in [0, 0.1) is 0 Å². The topological polar surface area (TPSA) is 128 Å². The average Bonchev–Trinajstić information content (AvgIpc) is 3.26. The summed E-state index contributed by atoms with van der Waals surface area (Å²) in [5.41, 5.74) is 1.60. The van der Waals surface area contributed by atoms with Crippen molar-refractivity contribution in [3.8, 4) is 17.2 Å². The van der Waals surface area contributed by atoms with Crippen molar-refractivity contribution in [2.45, 2.75) is 38.8 Å². The van der Waals surface area contributed by atoms with Crippen molar-refractivity contribution >= 4 is 52.3 Å². The monoisotopic (exact) mass is 570 g/mol. The van der Waals surface area contributed by atoms with Gasteiger partial charge in [0.25, 0.3) is 0 Å². The van der Waals surface area contributed by atoms with E-state index in [1.54, 1.807) is 63.2 Å². The molecule has 0 radical (unpaired) electrons. The lowest BCUT2D eigenvalue weighted by Crippen LogP contribution is -2.44. The Morgan fingerprint density at radius 2 is 1.67 bits per heavy atom. The summed E-state index contributed by atoms with van der Waals surface area (Å²) in [5, 5.41) is 12.7. The van der Waals surface area contributed by atoms with E-state index >= 15 is 0 Å². The fourth-order valence-electron chi connectivity index (χ4n) is 3.60. The highest BCUT2D eigenvalue weighted by atomic mass is 35.5. The Labute approximate surface area is 233 Å². The Kier molecular flexibility index (Phi) is 8.13. The summed E-state index contributed by atoms with van der Waals surface area (Å²) in [6.07, 6.45) is -0.821. The van der Waals surface area contributed by atoms with E-state index in [9.17, 15) is 19.5 Å². The number of aromatic nitrogens is 1.